The van der Waals surface area contributed by atoms with E-state index in [-0.39, 0.29) is 0 Å². The first kappa shape index (κ1) is 14.8. The van der Waals surface area contributed by atoms with Crippen molar-refractivity contribution in [1.82, 2.24) is 10.6 Å². The molecule has 0 aliphatic heterocycles. The van der Waals surface area contributed by atoms with E-state index >= 15 is 0 Å². The minimum atomic E-state index is 0.513. The van der Waals surface area contributed by atoms with Crippen molar-refractivity contribution in [2.45, 2.75) is 32.5 Å². The van der Waals surface area contributed by atoms with Crippen LogP contribution in [0.25, 0.3) is 0 Å². The lowest BCUT2D eigenvalue weighted by Crippen LogP contribution is -2.37. The van der Waals surface area contributed by atoms with Crippen molar-refractivity contribution in [3.8, 4) is 0 Å². The van der Waals surface area contributed by atoms with Crippen LogP contribution in [0.3, 0.4) is 0 Å². The second-order valence-corrected chi connectivity index (χ2v) is 5.09. The number of rotatable bonds is 8. The van der Waals surface area contributed by atoms with E-state index in [9.17, 15) is 0 Å². The van der Waals surface area contributed by atoms with Crippen LogP contribution in [-0.2, 0) is 13.1 Å². The molecule has 0 radical (unpaired) electrons. The molecule has 1 atom stereocenters. The SMILES string of the molecule is CCC(CNCc1ccccc1)NCc1ccccc1. The zero-order chi connectivity index (χ0) is 14.0. The molecule has 2 heteroatoms. The van der Waals surface area contributed by atoms with Gasteiger partial charge < -0.3 is 10.6 Å². The van der Waals surface area contributed by atoms with Crippen LogP contribution >= 0.6 is 0 Å². The molecule has 0 aliphatic rings. The third-order valence-corrected chi connectivity index (χ3v) is 3.49. The fraction of sp³-hybridized carbons (Fsp3) is 0.333. The third kappa shape index (κ3) is 5.16. The average Bonchev–Trinajstić information content (AvgIpc) is 2.52. The van der Waals surface area contributed by atoms with E-state index in [1.807, 2.05) is 0 Å². The normalized spacial score (nSPS) is 12.2. The molecule has 0 fully saturated rings. The molecule has 0 saturated carbocycles. The van der Waals surface area contributed by atoms with Gasteiger partial charge in [0.15, 0.2) is 0 Å². The molecule has 0 heterocycles. The molecule has 20 heavy (non-hydrogen) atoms. The summed E-state index contributed by atoms with van der Waals surface area (Å²) >= 11 is 0. The van der Waals surface area contributed by atoms with Crippen molar-refractivity contribution < 1.29 is 0 Å². The number of hydrogen-bond acceptors (Lipinski definition) is 2. The van der Waals surface area contributed by atoms with Crippen molar-refractivity contribution in [3.63, 3.8) is 0 Å². The van der Waals surface area contributed by atoms with Crippen LogP contribution in [0.2, 0.25) is 0 Å². The van der Waals surface area contributed by atoms with Gasteiger partial charge in [-0.05, 0) is 17.5 Å². The Morgan fingerprint density at radius 1 is 0.800 bits per heavy atom. The van der Waals surface area contributed by atoms with Gasteiger partial charge in [0.05, 0.1) is 0 Å². The summed E-state index contributed by atoms with van der Waals surface area (Å²) in [5, 5.41) is 7.14. The first-order valence-electron chi connectivity index (χ1n) is 7.40. The number of benzene rings is 2. The predicted octanol–water partition coefficient (Wildman–Crippen LogP) is 3.34. The summed E-state index contributed by atoms with van der Waals surface area (Å²) in [4.78, 5) is 0. The average molecular weight is 268 g/mol. The third-order valence-electron chi connectivity index (χ3n) is 3.49. The summed E-state index contributed by atoms with van der Waals surface area (Å²) in [5.74, 6) is 0. The van der Waals surface area contributed by atoms with Crippen LogP contribution in [0.4, 0.5) is 0 Å². The molecule has 0 saturated heterocycles. The zero-order valence-electron chi connectivity index (χ0n) is 12.2. The Balaban J connectivity index is 1.70. The van der Waals surface area contributed by atoms with Gasteiger partial charge in [0, 0.05) is 25.7 Å². The fourth-order valence-electron chi connectivity index (χ4n) is 2.21. The maximum absolute atomic E-state index is 3.61. The molecule has 0 amide bonds. The first-order valence-corrected chi connectivity index (χ1v) is 7.40. The van der Waals surface area contributed by atoms with Gasteiger partial charge in [-0.3, -0.25) is 0 Å². The molecule has 0 aliphatic carbocycles. The summed E-state index contributed by atoms with van der Waals surface area (Å²) in [6, 6.07) is 21.6. The van der Waals surface area contributed by atoms with E-state index in [4.69, 9.17) is 0 Å². The quantitative estimate of drug-likeness (QED) is 0.767. The maximum atomic E-state index is 3.61. The smallest absolute Gasteiger partial charge is 0.0208 e. The lowest BCUT2D eigenvalue weighted by Gasteiger charge is -2.18. The molecule has 1 unspecified atom stereocenters. The molecular formula is C18H24N2. The minimum absolute atomic E-state index is 0.513. The van der Waals surface area contributed by atoms with Crippen LogP contribution < -0.4 is 10.6 Å². The van der Waals surface area contributed by atoms with Crippen molar-refractivity contribution >= 4 is 0 Å². The Morgan fingerprint density at radius 2 is 1.35 bits per heavy atom. The summed E-state index contributed by atoms with van der Waals surface area (Å²) in [7, 11) is 0. The molecule has 0 spiro atoms. The van der Waals surface area contributed by atoms with E-state index in [1.54, 1.807) is 0 Å². The molecule has 0 bridgehead atoms. The van der Waals surface area contributed by atoms with Gasteiger partial charge in [0.25, 0.3) is 0 Å². The summed E-state index contributed by atoms with van der Waals surface area (Å²) in [5.41, 5.74) is 2.68. The highest BCUT2D eigenvalue weighted by Crippen LogP contribution is 2.01. The summed E-state index contributed by atoms with van der Waals surface area (Å²) < 4.78 is 0. The number of hydrogen-bond donors (Lipinski definition) is 2. The van der Waals surface area contributed by atoms with Gasteiger partial charge in [-0.15, -0.1) is 0 Å². The Hall–Kier alpha value is -1.64. The summed E-state index contributed by atoms with van der Waals surface area (Å²) in [6.07, 6.45) is 1.13. The van der Waals surface area contributed by atoms with Crippen LogP contribution in [0.5, 0.6) is 0 Å². The van der Waals surface area contributed by atoms with Gasteiger partial charge in [-0.1, -0.05) is 67.6 Å². The molecule has 2 nitrogen and oxygen atoms in total. The Labute approximate surface area is 122 Å². The second kappa shape index (κ2) is 8.51. The van der Waals surface area contributed by atoms with E-state index < -0.39 is 0 Å². The largest absolute Gasteiger partial charge is 0.311 e. The van der Waals surface area contributed by atoms with E-state index in [0.29, 0.717) is 6.04 Å². The van der Waals surface area contributed by atoms with E-state index in [1.165, 1.54) is 11.1 Å². The Bertz CT molecular complexity index is 467. The molecule has 2 aromatic carbocycles. The predicted molar refractivity (Wildman–Crippen MR) is 85.5 cm³/mol. The van der Waals surface area contributed by atoms with E-state index in [0.717, 1.165) is 26.1 Å². The standard InChI is InChI=1S/C18H24N2/c1-2-18(20-14-17-11-7-4-8-12-17)15-19-13-16-9-5-3-6-10-16/h3-12,18-20H,2,13-15H2,1H3. The molecule has 2 N–H and O–H groups in total. The lowest BCUT2D eigenvalue weighted by molar-refractivity contribution is 0.460. The van der Waals surface area contributed by atoms with E-state index in [2.05, 4.69) is 78.2 Å². The van der Waals surface area contributed by atoms with Crippen LogP contribution in [-0.4, -0.2) is 12.6 Å². The van der Waals surface area contributed by atoms with Crippen LogP contribution in [0.1, 0.15) is 24.5 Å². The topological polar surface area (TPSA) is 24.1 Å². The van der Waals surface area contributed by atoms with Gasteiger partial charge in [-0.2, -0.15) is 0 Å². The van der Waals surface area contributed by atoms with Gasteiger partial charge in [0.2, 0.25) is 0 Å². The lowest BCUT2D eigenvalue weighted by atomic mass is 10.1. The van der Waals surface area contributed by atoms with Crippen LogP contribution in [0, 0.1) is 0 Å². The van der Waals surface area contributed by atoms with Gasteiger partial charge >= 0.3 is 0 Å². The Kier molecular flexibility index (Phi) is 6.28. The fourth-order valence-corrected chi connectivity index (χ4v) is 2.21. The molecule has 2 aromatic rings. The molecule has 2 rings (SSSR count). The van der Waals surface area contributed by atoms with Gasteiger partial charge in [0.1, 0.15) is 0 Å². The monoisotopic (exact) mass is 268 g/mol. The number of nitrogens with one attached hydrogen (secondary N) is 2. The highest BCUT2D eigenvalue weighted by Gasteiger charge is 2.04. The Morgan fingerprint density at radius 3 is 1.90 bits per heavy atom. The maximum Gasteiger partial charge on any atom is 0.0208 e. The molecule has 106 valence electrons. The second-order valence-electron chi connectivity index (χ2n) is 5.09. The zero-order valence-corrected chi connectivity index (χ0v) is 12.2. The van der Waals surface area contributed by atoms with Crippen molar-refractivity contribution in [2.24, 2.45) is 0 Å². The minimum Gasteiger partial charge on any atom is -0.311 e. The van der Waals surface area contributed by atoms with Gasteiger partial charge in [-0.25, -0.2) is 0 Å². The van der Waals surface area contributed by atoms with Crippen molar-refractivity contribution in [2.75, 3.05) is 6.54 Å². The molecular weight excluding hydrogens is 244 g/mol. The highest BCUT2D eigenvalue weighted by atomic mass is 15.0. The highest BCUT2D eigenvalue weighted by molar-refractivity contribution is 5.15. The van der Waals surface area contributed by atoms with Crippen molar-refractivity contribution in [1.29, 1.82) is 0 Å². The molecule has 0 aromatic heterocycles. The van der Waals surface area contributed by atoms with Crippen molar-refractivity contribution in [3.05, 3.63) is 71.8 Å². The summed E-state index contributed by atoms with van der Waals surface area (Å²) in [6.45, 7) is 5.10. The van der Waals surface area contributed by atoms with Crippen LogP contribution in [0.15, 0.2) is 60.7 Å². The first-order chi connectivity index (χ1) is 9.88.